The van der Waals surface area contributed by atoms with Crippen LogP contribution in [0.15, 0.2) is 12.1 Å². The second-order valence-electron chi connectivity index (χ2n) is 5.61. The lowest BCUT2D eigenvalue weighted by Gasteiger charge is -2.20. The van der Waals surface area contributed by atoms with Crippen molar-refractivity contribution >= 4 is 17.1 Å². The molecule has 6 nitrogen and oxygen atoms in total. The summed E-state index contributed by atoms with van der Waals surface area (Å²) in [4.78, 5) is 17.8. The lowest BCUT2D eigenvalue weighted by molar-refractivity contribution is 0.132. The first-order chi connectivity index (χ1) is 10.7. The van der Waals surface area contributed by atoms with Crippen molar-refractivity contribution in [1.29, 1.82) is 0 Å². The molecule has 1 fully saturated rings. The summed E-state index contributed by atoms with van der Waals surface area (Å²) in [6, 6.07) is 3.04. The van der Waals surface area contributed by atoms with Gasteiger partial charge in [-0.2, -0.15) is 0 Å². The van der Waals surface area contributed by atoms with Gasteiger partial charge in [0, 0.05) is 19.0 Å². The first-order valence-corrected chi connectivity index (χ1v) is 7.33. The average Bonchev–Trinajstić information content (AvgIpc) is 3.16. The van der Waals surface area contributed by atoms with Crippen LogP contribution in [0.3, 0.4) is 0 Å². The maximum atomic E-state index is 14.1. The number of halogens is 1. The monoisotopic (exact) mass is 305 g/mol. The van der Waals surface area contributed by atoms with Crippen molar-refractivity contribution in [1.82, 2.24) is 14.5 Å². The maximum absolute atomic E-state index is 14.1. The van der Waals surface area contributed by atoms with Crippen LogP contribution >= 0.6 is 0 Å². The van der Waals surface area contributed by atoms with E-state index in [2.05, 4.69) is 4.98 Å². The van der Waals surface area contributed by atoms with Gasteiger partial charge in [-0.25, -0.2) is 14.2 Å². The molecule has 0 aliphatic carbocycles. The van der Waals surface area contributed by atoms with Gasteiger partial charge in [0.25, 0.3) is 0 Å². The first-order valence-electron chi connectivity index (χ1n) is 7.33. The van der Waals surface area contributed by atoms with Gasteiger partial charge in [0.05, 0.1) is 13.7 Å². The predicted molar refractivity (Wildman–Crippen MR) is 76.5 cm³/mol. The van der Waals surface area contributed by atoms with Crippen molar-refractivity contribution < 1.29 is 18.7 Å². The topological polar surface area (TPSA) is 56.6 Å². The van der Waals surface area contributed by atoms with Gasteiger partial charge < -0.3 is 18.9 Å². The van der Waals surface area contributed by atoms with E-state index in [1.54, 1.807) is 11.0 Å². The van der Waals surface area contributed by atoms with Gasteiger partial charge in [-0.3, -0.25) is 0 Å². The van der Waals surface area contributed by atoms with E-state index in [1.165, 1.54) is 13.2 Å². The van der Waals surface area contributed by atoms with Crippen LogP contribution in [0.5, 0.6) is 5.75 Å². The smallest absolute Gasteiger partial charge is 0.409 e. The van der Waals surface area contributed by atoms with E-state index in [0.29, 0.717) is 37.5 Å². The van der Waals surface area contributed by atoms with Crippen LogP contribution in [0.25, 0.3) is 11.0 Å². The van der Waals surface area contributed by atoms with Crippen LogP contribution < -0.4 is 4.74 Å². The Balaban J connectivity index is 1.76. The molecule has 0 saturated carbocycles. The number of hydrogen-bond acceptors (Lipinski definition) is 4. The second-order valence-corrected chi connectivity index (χ2v) is 5.61. The standard InChI is InChI=1S/C15H16FN3O3/c1-21-15(20)18-5-4-9(8-18)14-17-12-10(16)2-3-11-13(12)19(14)6-7-22-11/h2-3,9H,4-8H2,1H3/t9-/m0/s1. The number of carbonyl (C=O) groups is 1. The van der Waals surface area contributed by atoms with Crippen molar-refractivity contribution in [2.45, 2.75) is 18.9 Å². The van der Waals surface area contributed by atoms with Gasteiger partial charge in [-0.15, -0.1) is 0 Å². The number of imidazole rings is 1. The third-order valence-corrected chi connectivity index (χ3v) is 4.40. The molecule has 116 valence electrons. The molecular weight excluding hydrogens is 289 g/mol. The molecule has 0 spiro atoms. The van der Waals surface area contributed by atoms with Crippen molar-refractivity contribution in [2.24, 2.45) is 0 Å². The number of rotatable bonds is 1. The summed E-state index contributed by atoms with van der Waals surface area (Å²) >= 11 is 0. The van der Waals surface area contributed by atoms with Crippen LogP contribution in [0.2, 0.25) is 0 Å². The molecule has 1 aromatic carbocycles. The number of carbonyl (C=O) groups excluding carboxylic acids is 1. The minimum absolute atomic E-state index is 0.0943. The number of amides is 1. The Morgan fingerprint density at radius 2 is 2.32 bits per heavy atom. The van der Waals surface area contributed by atoms with Gasteiger partial charge in [-0.1, -0.05) is 0 Å². The van der Waals surface area contributed by atoms with Gasteiger partial charge in [0.1, 0.15) is 29.2 Å². The first kappa shape index (κ1) is 13.4. The Morgan fingerprint density at radius 1 is 1.45 bits per heavy atom. The largest absolute Gasteiger partial charge is 0.489 e. The highest BCUT2D eigenvalue weighted by Crippen LogP contribution is 2.36. The molecule has 0 unspecified atom stereocenters. The van der Waals surface area contributed by atoms with E-state index in [0.717, 1.165) is 17.8 Å². The SMILES string of the molecule is COC(=O)N1CC[C@H](c2nc3c(F)ccc4c3n2CCO4)C1. The summed E-state index contributed by atoms with van der Waals surface area (Å²) < 4.78 is 26.4. The van der Waals surface area contributed by atoms with Crippen LogP contribution in [0.4, 0.5) is 9.18 Å². The lowest BCUT2D eigenvalue weighted by atomic mass is 10.1. The van der Waals surface area contributed by atoms with E-state index < -0.39 is 0 Å². The zero-order valence-corrected chi connectivity index (χ0v) is 12.2. The van der Waals surface area contributed by atoms with E-state index in [9.17, 15) is 9.18 Å². The number of methoxy groups -OCH3 is 1. The highest BCUT2D eigenvalue weighted by molar-refractivity contribution is 5.84. The Kier molecular flexibility index (Phi) is 2.95. The number of likely N-dealkylation sites (tertiary alicyclic amines) is 1. The minimum Gasteiger partial charge on any atom is -0.489 e. The third kappa shape index (κ3) is 1.84. The molecule has 0 N–H and O–H groups in total. The molecule has 2 aromatic rings. The van der Waals surface area contributed by atoms with Gasteiger partial charge in [0.15, 0.2) is 5.82 Å². The number of ether oxygens (including phenoxy) is 2. The van der Waals surface area contributed by atoms with E-state index in [4.69, 9.17) is 9.47 Å². The van der Waals surface area contributed by atoms with Crippen molar-refractivity contribution in [3.05, 3.63) is 23.8 Å². The molecule has 0 radical (unpaired) electrons. The molecule has 4 rings (SSSR count). The highest BCUT2D eigenvalue weighted by Gasteiger charge is 2.33. The van der Waals surface area contributed by atoms with Crippen LogP contribution in [0.1, 0.15) is 18.2 Å². The third-order valence-electron chi connectivity index (χ3n) is 4.40. The number of benzene rings is 1. The molecule has 2 aliphatic rings. The van der Waals surface area contributed by atoms with Crippen LogP contribution in [-0.4, -0.2) is 47.4 Å². The summed E-state index contributed by atoms with van der Waals surface area (Å²) in [5.41, 5.74) is 1.07. The fraction of sp³-hybridized carbons (Fsp3) is 0.467. The van der Waals surface area contributed by atoms with Crippen molar-refractivity contribution in [3.63, 3.8) is 0 Å². The van der Waals surface area contributed by atoms with Crippen LogP contribution in [0, 0.1) is 5.82 Å². The predicted octanol–water partition coefficient (Wildman–Crippen LogP) is 2.12. The maximum Gasteiger partial charge on any atom is 0.409 e. The summed E-state index contributed by atoms with van der Waals surface area (Å²) in [5.74, 6) is 1.25. The summed E-state index contributed by atoms with van der Waals surface area (Å²) in [7, 11) is 1.38. The van der Waals surface area contributed by atoms with Crippen molar-refractivity contribution in [2.75, 3.05) is 26.8 Å². The van der Waals surface area contributed by atoms with Gasteiger partial charge in [0.2, 0.25) is 0 Å². The van der Waals surface area contributed by atoms with E-state index >= 15 is 0 Å². The Morgan fingerprint density at radius 3 is 3.14 bits per heavy atom. The Hall–Kier alpha value is -2.31. The Bertz CT molecular complexity index is 758. The lowest BCUT2D eigenvalue weighted by Crippen LogP contribution is -2.28. The van der Waals surface area contributed by atoms with Crippen LogP contribution in [-0.2, 0) is 11.3 Å². The zero-order valence-electron chi connectivity index (χ0n) is 12.2. The average molecular weight is 305 g/mol. The summed E-state index contributed by atoms with van der Waals surface area (Å²) in [5, 5.41) is 0. The van der Waals surface area contributed by atoms with Gasteiger partial charge in [-0.05, 0) is 18.6 Å². The summed E-state index contributed by atoms with van der Waals surface area (Å²) in [6.07, 6.45) is 0.475. The molecule has 7 heteroatoms. The van der Waals surface area contributed by atoms with E-state index in [1.807, 2.05) is 4.57 Å². The highest BCUT2D eigenvalue weighted by atomic mass is 19.1. The van der Waals surface area contributed by atoms with Crippen molar-refractivity contribution in [3.8, 4) is 5.75 Å². The minimum atomic E-state index is -0.341. The molecule has 3 heterocycles. The molecule has 2 aliphatic heterocycles. The quantitative estimate of drug-likeness (QED) is 0.810. The second kappa shape index (κ2) is 4.86. The molecule has 1 atom stereocenters. The number of nitrogens with zero attached hydrogens (tertiary/aromatic N) is 3. The van der Waals surface area contributed by atoms with E-state index in [-0.39, 0.29) is 17.8 Å². The molecule has 0 bridgehead atoms. The fourth-order valence-electron chi connectivity index (χ4n) is 3.36. The molecule has 22 heavy (non-hydrogen) atoms. The summed E-state index contributed by atoms with van der Waals surface area (Å²) in [6.45, 7) is 2.38. The number of hydrogen-bond donors (Lipinski definition) is 0. The molecule has 1 aromatic heterocycles. The number of aromatic nitrogens is 2. The molecular formula is C15H16FN3O3. The molecule has 1 amide bonds. The Labute approximate surface area is 126 Å². The van der Waals surface area contributed by atoms with Gasteiger partial charge >= 0.3 is 6.09 Å². The molecule has 1 saturated heterocycles. The fourth-order valence-corrected chi connectivity index (χ4v) is 3.36. The zero-order chi connectivity index (χ0) is 15.3. The normalized spacial score (nSPS) is 20.3.